The van der Waals surface area contributed by atoms with Crippen LogP contribution in [0.2, 0.25) is 0 Å². The Hall–Kier alpha value is -3.32. The molecule has 4 rings (SSSR count). The van der Waals surface area contributed by atoms with E-state index in [-0.39, 0.29) is 28.9 Å². The highest BCUT2D eigenvalue weighted by Gasteiger charge is 2.34. The second kappa shape index (κ2) is 7.01. The minimum absolute atomic E-state index is 0.107. The molecule has 3 aromatic rings. The van der Waals surface area contributed by atoms with E-state index in [2.05, 4.69) is 5.32 Å². The maximum absolute atomic E-state index is 12.4. The number of ether oxygens (including phenoxy) is 1. The summed E-state index contributed by atoms with van der Waals surface area (Å²) in [7, 11) is 1.56. The van der Waals surface area contributed by atoms with Crippen LogP contribution in [-0.4, -0.2) is 29.2 Å². The van der Waals surface area contributed by atoms with Gasteiger partial charge in [-0.3, -0.25) is 4.79 Å². The lowest BCUT2D eigenvalue weighted by molar-refractivity contribution is -0.116. The molecule has 2 heterocycles. The number of phenols is 1. The van der Waals surface area contributed by atoms with Gasteiger partial charge in [0.25, 0.3) is 0 Å². The first-order valence-electron chi connectivity index (χ1n) is 8.61. The fraction of sp³-hybridized carbons (Fsp3) is 0.143. The van der Waals surface area contributed by atoms with Gasteiger partial charge in [0, 0.05) is 22.8 Å². The van der Waals surface area contributed by atoms with Crippen LogP contribution in [-0.2, 0) is 4.79 Å². The van der Waals surface area contributed by atoms with Gasteiger partial charge in [-0.05, 0) is 35.4 Å². The number of carboxylic acid groups (broad SMARTS) is 1. The Bertz CT molecular complexity index is 1070. The molecule has 1 atom stereocenters. The summed E-state index contributed by atoms with van der Waals surface area (Å²) in [6.45, 7) is 0. The highest BCUT2D eigenvalue weighted by Crippen LogP contribution is 2.49. The third-order valence-electron chi connectivity index (χ3n) is 4.75. The number of anilines is 1. The number of amides is 1. The van der Waals surface area contributed by atoms with Crippen molar-refractivity contribution in [2.75, 3.05) is 12.4 Å². The predicted molar refractivity (Wildman–Crippen MR) is 106 cm³/mol. The first-order chi connectivity index (χ1) is 13.5. The fourth-order valence-corrected chi connectivity index (χ4v) is 4.73. The predicted octanol–water partition coefficient (Wildman–Crippen LogP) is 4.30. The number of aromatic hydroxyl groups is 1. The zero-order valence-electron chi connectivity index (χ0n) is 14.9. The van der Waals surface area contributed by atoms with E-state index in [0.29, 0.717) is 22.6 Å². The van der Waals surface area contributed by atoms with Gasteiger partial charge >= 0.3 is 5.97 Å². The van der Waals surface area contributed by atoms with Crippen molar-refractivity contribution in [1.82, 2.24) is 0 Å². The molecule has 0 bridgehead atoms. The SMILES string of the molecule is COc1ccc(-c2c(C(=O)O)sc3c2NC(=O)CC3c2cccc(O)c2)cc1. The first kappa shape index (κ1) is 18.1. The lowest BCUT2D eigenvalue weighted by Gasteiger charge is -2.24. The summed E-state index contributed by atoms with van der Waals surface area (Å²) in [4.78, 5) is 25.3. The van der Waals surface area contributed by atoms with E-state index in [1.807, 2.05) is 6.07 Å². The van der Waals surface area contributed by atoms with Crippen molar-refractivity contribution in [3.05, 3.63) is 63.8 Å². The summed E-state index contributed by atoms with van der Waals surface area (Å²) in [6.07, 6.45) is 0.193. The van der Waals surface area contributed by atoms with Gasteiger partial charge in [-0.25, -0.2) is 4.79 Å². The molecule has 7 heteroatoms. The third-order valence-corrected chi connectivity index (χ3v) is 6.04. The van der Waals surface area contributed by atoms with Gasteiger partial charge in [0.15, 0.2) is 0 Å². The van der Waals surface area contributed by atoms with Crippen molar-refractivity contribution in [2.45, 2.75) is 12.3 Å². The molecule has 0 fully saturated rings. The van der Waals surface area contributed by atoms with Crippen LogP contribution < -0.4 is 10.1 Å². The van der Waals surface area contributed by atoms with E-state index in [0.717, 1.165) is 21.8 Å². The number of nitrogens with one attached hydrogen (secondary N) is 1. The second-order valence-electron chi connectivity index (χ2n) is 6.48. The standard InChI is InChI=1S/C21H17NO5S/c1-27-14-7-5-11(6-8-14)17-18-19(28-20(17)21(25)26)15(10-16(24)22-18)12-3-2-4-13(23)9-12/h2-9,15,23H,10H2,1H3,(H,22,24)(H,25,26). The molecule has 2 aromatic carbocycles. The van der Waals surface area contributed by atoms with Crippen LogP contribution in [0.25, 0.3) is 11.1 Å². The average Bonchev–Trinajstić information content (AvgIpc) is 3.07. The minimum atomic E-state index is -1.05. The molecular formula is C21H17NO5S. The van der Waals surface area contributed by atoms with E-state index >= 15 is 0 Å². The molecule has 1 unspecified atom stereocenters. The molecule has 1 aromatic heterocycles. The average molecular weight is 395 g/mol. The van der Waals surface area contributed by atoms with Crippen molar-refractivity contribution in [3.8, 4) is 22.6 Å². The summed E-state index contributed by atoms with van der Waals surface area (Å²) in [6, 6.07) is 13.8. The Labute approximate surface area is 165 Å². The minimum Gasteiger partial charge on any atom is -0.508 e. The normalized spacial score (nSPS) is 15.6. The Morgan fingerprint density at radius 2 is 1.96 bits per heavy atom. The van der Waals surface area contributed by atoms with Gasteiger partial charge < -0.3 is 20.3 Å². The van der Waals surface area contributed by atoms with Crippen LogP contribution in [0.5, 0.6) is 11.5 Å². The Kier molecular flexibility index (Phi) is 4.52. The number of fused-ring (bicyclic) bond motifs is 1. The van der Waals surface area contributed by atoms with E-state index < -0.39 is 5.97 Å². The molecule has 0 saturated heterocycles. The molecular weight excluding hydrogens is 378 g/mol. The van der Waals surface area contributed by atoms with Crippen LogP contribution in [0.1, 0.15) is 32.5 Å². The van der Waals surface area contributed by atoms with Gasteiger partial charge in [-0.2, -0.15) is 0 Å². The van der Waals surface area contributed by atoms with E-state index in [1.165, 1.54) is 0 Å². The first-order valence-corrected chi connectivity index (χ1v) is 9.42. The second-order valence-corrected chi connectivity index (χ2v) is 7.53. The number of carboxylic acids is 1. The summed E-state index contributed by atoms with van der Waals surface area (Å²) in [5.41, 5.74) is 2.48. The van der Waals surface area contributed by atoms with Crippen molar-refractivity contribution in [2.24, 2.45) is 0 Å². The van der Waals surface area contributed by atoms with Gasteiger partial charge in [-0.15, -0.1) is 11.3 Å². The zero-order valence-corrected chi connectivity index (χ0v) is 15.7. The van der Waals surface area contributed by atoms with Crippen molar-refractivity contribution >= 4 is 28.9 Å². The molecule has 0 saturated carbocycles. The van der Waals surface area contributed by atoms with E-state index in [4.69, 9.17) is 4.74 Å². The molecule has 0 radical (unpaired) electrons. The largest absolute Gasteiger partial charge is 0.508 e. The number of carbonyl (C=O) groups excluding carboxylic acids is 1. The lowest BCUT2D eigenvalue weighted by Crippen LogP contribution is -2.22. The Morgan fingerprint density at radius 3 is 2.61 bits per heavy atom. The monoisotopic (exact) mass is 395 g/mol. The molecule has 28 heavy (non-hydrogen) atoms. The van der Waals surface area contributed by atoms with Crippen molar-refractivity contribution in [3.63, 3.8) is 0 Å². The third kappa shape index (κ3) is 3.10. The van der Waals surface area contributed by atoms with Crippen LogP contribution >= 0.6 is 11.3 Å². The highest BCUT2D eigenvalue weighted by molar-refractivity contribution is 7.15. The quantitative estimate of drug-likeness (QED) is 0.612. The topological polar surface area (TPSA) is 95.9 Å². The molecule has 1 aliphatic heterocycles. The summed E-state index contributed by atoms with van der Waals surface area (Å²) in [5, 5.41) is 22.5. The van der Waals surface area contributed by atoms with Crippen molar-refractivity contribution in [1.29, 1.82) is 0 Å². The number of rotatable bonds is 4. The number of thiophene rings is 1. The van der Waals surface area contributed by atoms with Gasteiger partial charge in [0.1, 0.15) is 16.4 Å². The van der Waals surface area contributed by atoms with Crippen LogP contribution in [0.4, 0.5) is 5.69 Å². The Balaban J connectivity index is 1.91. The summed E-state index contributed by atoms with van der Waals surface area (Å²) in [5.74, 6) is -0.785. The molecule has 1 aliphatic rings. The number of phenolic OH excluding ortho intramolecular Hbond substituents is 1. The maximum atomic E-state index is 12.4. The summed E-state index contributed by atoms with van der Waals surface area (Å²) >= 11 is 1.16. The van der Waals surface area contributed by atoms with Crippen LogP contribution in [0, 0.1) is 0 Å². The number of carbonyl (C=O) groups is 2. The van der Waals surface area contributed by atoms with Crippen LogP contribution in [0.15, 0.2) is 48.5 Å². The number of methoxy groups -OCH3 is 1. The van der Waals surface area contributed by atoms with Gasteiger partial charge in [0.05, 0.1) is 12.8 Å². The smallest absolute Gasteiger partial charge is 0.346 e. The van der Waals surface area contributed by atoms with E-state index in [1.54, 1.807) is 49.6 Å². The number of benzene rings is 2. The number of hydrogen-bond acceptors (Lipinski definition) is 5. The maximum Gasteiger partial charge on any atom is 0.346 e. The fourth-order valence-electron chi connectivity index (χ4n) is 3.48. The zero-order chi connectivity index (χ0) is 19.8. The molecule has 0 spiro atoms. The number of aromatic carboxylic acids is 1. The molecule has 3 N–H and O–H groups in total. The van der Waals surface area contributed by atoms with Gasteiger partial charge in [0.2, 0.25) is 5.91 Å². The van der Waals surface area contributed by atoms with Crippen LogP contribution in [0.3, 0.4) is 0 Å². The molecule has 142 valence electrons. The summed E-state index contributed by atoms with van der Waals surface area (Å²) < 4.78 is 5.17. The molecule has 0 aliphatic carbocycles. The Morgan fingerprint density at radius 1 is 1.21 bits per heavy atom. The lowest BCUT2D eigenvalue weighted by atomic mass is 9.88. The van der Waals surface area contributed by atoms with Crippen molar-refractivity contribution < 1.29 is 24.5 Å². The molecule has 6 nitrogen and oxygen atoms in total. The highest BCUT2D eigenvalue weighted by atomic mass is 32.1. The van der Waals surface area contributed by atoms with E-state index in [9.17, 15) is 19.8 Å². The molecule has 1 amide bonds. The van der Waals surface area contributed by atoms with Gasteiger partial charge in [-0.1, -0.05) is 24.3 Å². The number of hydrogen-bond donors (Lipinski definition) is 3.